The molecule has 1 N–H and O–H groups in total. The van der Waals surface area contributed by atoms with E-state index < -0.39 is 0 Å². The number of hydrogen-bond acceptors (Lipinski definition) is 2. The van der Waals surface area contributed by atoms with Gasteiger partial charge in [0.15, 0.2) is 0 Å². The Balaban J connectivity index is 1.53. The highest BCUT2D eigenvalue weighted by atomic mass is 16.5. The van der Waals surface area contributed by atoms with E-state index in [-0.39, 0.29) is 5.60 Å². The molecule has 2 nitrogen and oxygen atoms in total. The van der Waals surface area contributed by atoms with Crippen molar-refractivity contribution >= 4 is 5.69 Å². The van der Waals surface area contributed by atoms with Gasteiger partial charge in [0.05, 0.1) is 5.60 Å². The zero-order chi connectivity index (χ0) is 14.3. The minimum atomic E-state index is 0.237. The molecule has 0 amide bonds. The summed E-state index contributed by atoms with van der Waals surface area (Å²) in [7, 11) is 0. The lowest BCUT2D eigenvalue weighted by molar-refractivity contribution is -0.0973. The lowest BCUT2D eigenvalue weighted by atomic mass is 9.74. The van der Waals surface area contributed by atoms with Gasteiger partial charge in [-0.1, -0.05) is 38.0 Å². The van der Waals surface area contributed by atoms with E-state index in [1.54, 1.807) is 0 Å². The maximum absolute atomic E-state index is 6.22. The highest BCUT2D eigenvalue weighted by Gasteiger charge is 2.43. The molecule has 4 rings (SSSR count). The molecule has 3 aliphatic rings. The van der Waals surface area contributed by atoms with Crippen LogP contribution in [0.15, 0.2) is 24.3 Å². The Kier molecular flexibility index (Phi) is 3.45. The van der Waals surface area contributed by atoms with E-state index in [9.17, 15) is 0 Å². The minimum Gasteiger partial charge on any atom is -0.382 e. The van der Waals surface area contributed by atoms with Crippen LogP contribution in [0.25, 0.3) is 0 Å². The topological polar surface area (TPSA) is 21.3 Å². The van der Waals surface area contributed by atoms with E-state index >= 15 is 0 Å². The summed E-state index contributed by atoms with van der Waals surface area (Å²) in [6.45, 7) is 3.39. The second-order valence-electron chi connectivity index (χ2n) is 7.50. The van der Waals surface area contributed by atoms with Gasteiger partial charge in [-0.25, -0.2) is 0 Å². The normalized spacial score (nSPS) is 34.4. The Morgan fingerprint density at radius 2 is 2.00 bits per heavy atom. The molecule has 1 saturated carbocycles. The fourth-order valence-electron chi connectivity index (χ4n) is 4.96. The number of nitrogens with one attached hydrogen (secondary N) is 1. The van der Waals surface area contributed by atoms with E-state index in [1.165, 1.54) is 56.2 Å². The van der Waals surface area contributed by atoms with Gasteiger partial charge in [-0.05, 0) is 55.6 Å². The number of benzene rings is 1. The van der Waals surface area contributed by atoms with Gasteiger partial charge >= 0.3 is 0 Å². The molecule has 2 aliphatic heterocycles. The van der Waals surface area contributed by atoms with Crippen molar-refractivity contribution < 1.29 is 4.74 Å². The maximum Gasteiger partial charge on any atom is 0.0686 e. The van der Waals surface area contributed by atoms with Crippen LogP contribution in [0.1, 0.15) is 51.0 Å². The maximum atomic E-state index is 6.22. The Morgan fingerprint density at radius 3 is 2.86 bits per heavy atom. The Bertz CT molecular complexity index is 506. The second kappa shape index (κ2) is 5.31. The monoisotopic (exact) mass is 285 g/mol. The number of rotatable bonds is 1. The Morgan fingerprint density at radius 1 is 1.19 bits per heavy atom. The number of ether oxygens (including phenoxy) is 1. The predicted molar refractivity (Wildman–Crippen MR) is 86.6 cm³/mol. The van der Waals surface area contributed by atoms with E-state index in [1.807, 2.05) is 0 Å². The third-order valence-electron chi connectivity index (χ3n) is 6.05. The molecule has 2 heterocycles. The molecule has 114 valence electrons. The van der Waals surface area contributed by atoms with Crippen molar-refractivity contribution in [3.63, 3.8) is 0 Å². The second-order valence-corrected chi connectivity index (χ2v) is 7.50. The lowest BCUT2D eigenvalue weighted by Gasteiger charge is -2.45. The number of fused-ring (bicyclic) bond motifs is 1. The molecule has 3 atom stereocenters. The quantitative estimate of drug-likeness (QED) is 0.826. The summed E-state index contributed by atoms with van der Waals surface area (Å²) in [5.74, 6) is 1.50. The Labute approximate surface area is 128 Å². The molecule has 1 aliphatic carbocycles. The van der Waals surface area contributed by atoms with Crippen molar-refractivity contribution in [1.82, 2.24) is 0 Å². The van der Waals surface area contributed by atoms with Crippen LogP contribution >= 0.6 is 0 Å². The fraction of sp³-hybridized carbons (Fsp3) is 0.684. The van der Waals surface area contributed by atoms with Crippen molar-refractivity contribution in [2.45, 2.75) is 63.5 Å². The summed E-state index contributed by atoms with van der Waals surface area (Å²) in [4.78, 5) is 0. The number of para-hydroxylation sites is 1. The molecule has 3 unspecified atom stereocenters. The van der Waals surface area contributed by atoms with Crippen LogP contribution in [0, 0.1) is 11.8 Å². The molecular formula is C19H27NO. The van der Waals surface area contributed by atoms with E-state index in [4.69, 9.17) is 4.74 Å². The van der Waals surface area contributed by atoms with Gasteiger partial charge in [-0.2, -0.15) is 0 Å². The van der Waals surface area contributed by atoms with E-state index in [0.717, 1.165) is 18.4 Å². The van der Waals surface area contributed by atoms with Crippen molar-refractivity contribution in [1.29, 1.82) is 0 Å². The van der Waals surface area contributed by atoms with Gasteiger partial charge in [0.2, 0.25) is 0 Å². The zero-order valence-corrected chi connectivity index (χ0v) is 13.1. The smallest absolute Gasteiger partial charge is 0.0686 e. The summed E-state index contributed by atoms with van der Waals surface area (Å²) in [5, 5.41) is 3.87. The van der Waals surface area contributed by atoms with Crippen molar-refractivity contribution in [3.05, 3.63) is 29.8 Å². The Hall–Kier alpha value is -1.02. The SMILES string of the molecule is CC1Cc2ccccc2NC1C1CCOC2(CCCC2)C1. The molecule has 2 heteroatoms. The van der Waals surface area contributed by atoms with Crippen LogP contribution < -0.4 is 5.32 Å². The average molecular weight is 285 g/mol. The first-order valence-electron chi connectivity index (χ1n) is 8.74. The highest BCUT2D eigenvalue weighted by Crippen LogP contribution is 2.45. The number of hydrogen-bond donors (Lipinski definition) is 1. The molecule has 21 heavy (non-hydrogen) atoms. The molecule has 0 aromatic heterocycles. The van der Waals surface area contributed by atoms with Gasteiger partial charge < -0.3 is 10.1 Å². The van der Waals surface area contributed by atoms with Gasteiger partial charge in [0.1, 0.15) is 0 Å². The van der Waals surface area contributed by atoms with Gasteiger partial charge in [-0.3, -0.25) is 0 Å². The number of anilines is 1. The van der Waals surface area contributed by atoms with Crippen LogP contribution in [0.5, 0.6) is 0 Å². The lowest BCUT2D eigenvalue weighted by Crippen LogP contribution is -2.47. The van der Waals surface area contributed by atoms with Gasteiger partial charge in [-0.15, -0.1) is 0 Å². The summed E-state index contributed by atoms with van der Waals surface area (Å²) < 4.78 is 6.22. The van der Waals surface area contributed by atoms with Crippen molar-refractivity contribution in [2.75, 3.05) is 11.9 Å². The summed E-state index contributed by atoms with van der Waals surface area (Å²) in [6.07, 6.45) is 9.04. The first-order chi connectivity index (χ1) is 10.3. The molecule has 0 bridgehead atoms. The van der Waals surface area contributed by atoms with E-state index in [2.05, 4.69) is 36.5 Å². The van der Waals surface area contributed by atoms with Crippen molar-refractivity contribution in [2.24, 2.45) is 11.8 Å². The van der Waals surface area contributed by atoms with Crippen LogP contribution in [-0.2, 0) is 11.2 Å². The standard InChI is InChI=1S/C19H27NO/c1-14-12-15-6-2-3-7-17(15)20-18(14)16-8-11-21-19(13-16)9-4-5-10-19/h2-3,6-7,14,16,18,20H,4-5,8-13H2,1H3. The molecule has 1 aromatic rings. The van der Waals surface area contributed by atoms with Gasteiger partial charge in [0.25, 0.3) is 0 Å². The molecular weight excluding hydrogens is 258 g/mol. The summed E-state index contributed by atoms with van der Waals surface area (Å²) in [6, 6.07) is 9.47. The average Bonchev–Trinajstić information content (AvgIpc) is 2.94. The van der Waals surface area contributed by atoms with Crippen LogP contribution in [0.4, 0.5) is 5.69 Å². The summed E-state index contributed by atoms with van der Waals surface area (Å²) >= 11 is 0. The predicted octanol–water partition coefficient (Wildman–Crippen LogP) is 4.40. The molecule has 1 saturated heterocycles. The largest absolute Gasteiger partial charge is 0.382 e. The zero-order valence-electron chi connectivity index (χ0n) is 13.1. The molecule has 0 radical (unpaired) electrons. The third-order valence-corrected chi connectivity index (χ3v) is 6.05. The molecule has 1 aromatic carbocycles. The minimum absolute atomic E-state index is 0.237. The highest BCUT2D eigenvalue weighted by molar-refractivity contribution is 5.54. The van der Waals surface area contributed by atoms with Crippen molar-refractivity contribution in [3.8, 4) is 0 Å². The fourth-order valence-corrected chi connectivity index (χ4v) is 4.96. The first kappa shape index (κ1) is 13.6. The molecule has 2 fully saturated rings. The third kappa shape index (κ3) is 2.48. The van der Waals surface area contributed by atoms with E-state index in [0.29, 0.717) is 6.04 Å². The van der Waals surface area contributed by atoms with Crippen LogP contribution in [-0.4, -0.2) is 18.2 Å². The van der Waals surface area contributed by atoms with Crippen LogP contribution in [0.2, 0.25) is 0 Å². The summed E-state index contributed by atoms with van der Waals surface area (Å²) in [5.41, 5.74) is 3.10. The van der Waals surface area contributed by atoms with Gasteiger partial charge in [0, 0.05) is 18.3 Å². The van der Waals surface area contributed by atoms with Crippen LogP contribution in [0.3, 0.4) is 0 Å². The molecule has 1 spiro atoms. The first-order valence-corrected chi connectivity index (χ1v) is 8.74.